The van der Waals surface area contributed by atoms with Crippen LogP contribution in [-0.2, 0) is 9.53 Å². The Morgan fingerprint density at radius 3 is 2.77 bits per heavy atom. The fourth-order valence-corrected chi connectivity index (χ4v) is 1.40. The number of carbonyl (C=O) groups excluding carboxylic acids is 1. The third kappa shape index (κ3) is 1.67. The van der Waals surface area contributed by atoms with Crippen LogP contribution in [0.1, 0.15) is 20.8 Å². The molecule has 4 nitrogen and oxygen atoms in total. The van der Waals surface area contributed by atoms with Crippen molar-refractivity contribution in [1.29, 1.82) is 0 Å². The predicted molar refractivity (Wildman–Crippen MR) is 49.7 cm³/mol. The Kier molecular flexibility index (Phi) is 2.61. The third-order valence-corrected chi connectivity index (χ3v) is 2.23. The van der Waals surface area contributed by atoms with Crippen LogP contribution in [0.4, 0.5) is 0 Å². The van der Waals surface area contributed by atoms with Crippen LogP contribution in [0.25, 0.3) is 0 Å². The van der Waals surface area contributed by atoms with Crippen molar-refractivity contribution < 1.29 is 9.53 Å². The standard InChI is InChI=1S/C9H16N2O2/c1-5-13-8(12)9(3)6-7(2)10-11(9)4/h6,10H,5H2,1-4H3. The Balaban J connectivity index is 2.81. The monoisotopic (exact) mass is 184 g/mol. The van der Waals surface area contributed by atoms with Gasteiger partial charge in [-0.05, 0) is 26.8 Å². The van der Waals surface area contributed by atoms with Gasteiger partial charge in [0, 0.05) is 12.7 Å². The lowest BCUT2D eigenvalue weighted by Crippen LogP contribution is -2.50. The van der Waals surface area contributed by atoms with Crippen LogP contribution in [0.5, 0.6) is 0 Å². The van der Waals surface area contributed by atoms with Gasteiger partial charge < -0.3 is 10.2 Å². The molecule has 74 valence electrons. The van der Waals surface area contributed by atoms with Crippen LogP contribution < -0.4 is 5.43 Å². The van der Waals surface area contributed by atoms with E-state index in [0.29, 0.717) is 6.61 Å². The van der Waals surface area contributed by atoms with E-state index < -0.39 is 5.54 Å². The number of likely N-dealkylation sites (N-methyl/N-ethyl adjacent to an activating group) is 1. The van der Waals surface area contributed by atoms with Crippen LogP contribution in [0, 0.1) is 0 Å². The molecule has 4 heteroatoms. The fourth-order valence-electron chi connectivity index (χ4n) is 1.40. The minimum atomic E-state index is -0.667. The highest BCUT2D eigenvalue weighted by Crippen LogP contribution is 2.22. The van der Waals surface area contributed by atoms with Crippen molar-refractivity contribution in [2.24, 2.45) is 0 Å². The second kappa shape index (κ2) is 3.38. The number of allylic oxidation sites excluding steroid dienone is 1. The third-order valence-electron chi connectivity index (χ3n) is 2.23. The molecule has 1 aliphatic heterocycles. The molecular formula is C9H16N2O2. The van der Waals surface area contributed by atoms with Crippen molar-refractivity contribution in [3.05, 3.63) is 11.8 Å². The smallest absolute Gasteiger partial charge is 0.332 e. The quantitative estimate of drug-likeness (QED) is 0.640. The second-order valence-electron chi connectivity index (χ2n) is 3.37. The average molecular weight is 184 g/mol. The summed E-state index contributed by atoms with van der Waals surface area (Å²) in [4.78, 5) is 11.6. The van der Waals surface area contributed by atoms with Crippen molar-refractivity contribution >= 4 is 5.97 Å². The van der Waals surface area contributed by atoms with E-state index in [4.69, 9.17) is 4.74 Å². The maximum Gasteiger partial charge on any atom is 0.332 e. The molecule has 0 aromatic carbocycles. The summed E-state index contributed by atoms with van der Waals surface area (Å²) in [5, 5.41) is 1.75. The van der Waals surface area contributed by atoms with E-state index in [9.17, 15) is 4.79 Å². The average Bonchev–Trinajstić information content (AvgIpc) is 2.28. The number of rotatable bonds is 2. The summed E-state index contributed by atoms with van der Waals surface area (Å²) in [5.74, 6) is -0.221. The van der Waals surface area contributed by atoms with E-state index in [1.165, 1.54) is 0 Å². The zero-order valence-corrected chi connectivity index (χ0v) is 8.55. The summed E-state index contributed by atoms with van der Waals surface area (Å²) in [6, 6.07) is 0. The largest absolute Gasteiger partial charge is 0.464 e. The van der Waals surface area contributed by atoms with Gasteiger partial charge in [-0.1, -0.05) is 0 Å². The maximum absolute atomic E-state index is 11.6. The van der Waals surface area contributed by atoms with E-state index in [-0.39, 0.29) is 5.97 Å². The van der Waals surface area contributed by atoms with Crippen molar-refractivity contribution in [3.8, 4) is 0 Å². The molecule has 0 saturated heterocycles. The summed E-state index contributed by atoms with van der Waals surface area (Å²) < 4.78 is 4.98. The van der Waals surface area contributed by atoms with Gasteiger partial charge in [-0.3, -0.25) is 0 Å². The predicted octanol–water partition coefficient (Wildman–Crippen LogP) is 0.662. The highest BCUT2D eigenvalue weighted by atomic mass is 16.5. The van der Waals surface area contributed by atoms with E-state index in [1.54, 1.807) is 11.9 Å². The van der Waals surface area contributed by atoms with Gasteiger partial charge in [0.05, 0.1) is 6.61 Å². The molecule has 1 N–H and O–H groups in total. The van der Waals surface area contributed by atoms with E-state index in [1.807, 2.05) is 27.0 Å². The van der Waals surface area contributed by atoms with Crippen molar-refractivity contribution in [3.63, 3.8) is 0 Å². The van der Waals surface area contributed by atoms with Crippen LogP contribution in [0.3, 0.4) is 0 Å². The molecule has 1 aliphatic rings. The molecular weight excluding hydrogens is 168 g/mol. The lowest BCUT2D eigenvalue weighted by Gasteiger charge is -2.28. The molecule has 1 rings (SSSR count). The van der Waals surface area contributed by atoms with E-state index in [2.05, 4.69) is 5.43 Å². The summed E-state index contributed by atoms with van der Waals surface area (Å²) in [7, 11) is 1.82. The van der Waals surface area contributed by atoms with Crippen LogP contribution >= 0.6 is 0 Å². The summed E-state index contributed by atoms with van der Waals surface area (Å²) in [6.07, 6.45) is 1.87. The molecule has 0 aliphatic carbocycles. The number of hydrogen-bond acceptors (Lipinski definition) is 4. The van der Waals surface area contributed by atoms with Gasteiger partial charge in [0.15, 0.2) is 5.54 Å². The first-order chi connectivity index (χ1) is 6.00. The first kappa shape index (κ1) is 10.1. The molecule has 0 saturated carbocycles. The first-order valence-electron chi connectivity index (χ1n) is 4.38. The number of esters is 1. The summed E-state index contributed by atoms with van der Waals surface area (Å²) >= 11 is 0. The van der Waals surface area contributed by atoms with Crippen molar-refractivity contribution in [2.45, 2.75) is 26.3 Å². The molecule has 1 heterocycles. The highest BCUT2D eigenvalue weighted by Gasteiger charge is 2.41. The zero-order chi connectivity index (χ0) is 10.1. The first-order valence-corrected chi connectivity index (χ1v) is 4.38. The van der Waals surface area contributed by atoms with Gasteiger partial charge in [-0.2, -0.15) is 0 Å². The molecule has 0 amide bonds. The van der Waals surface area contributed by atoms with Gasteiger partial charge in [0.1, 0.15) is 0 Å². The summed E-state index contributed by atoms with van der Waals surface area (Å²) in [6.45, 7) is 5.96. The van der Waals surface area contributed by atoms with Crippen molar-refractivity contribution in [1.82, 2.24) is 10.4 Å². The maximum atomic E-state index is 11.6. The molecule has 1 atom stereocenters. The Hall–Kier alpha value is -1.03. The SMILES string of the molecule is CCOC(=O)C1(C)C=C(C)NN1C. The minimum Gasteiger partial charge on any atom is -0.464 e. The Morgan fingerprint density at radius 2 is 2.38 bits per heavy atom. The zero-order valence-electron chi connectivity index (χ0n) is 8.55. The molecule has 13 heavy (non-hydrogen) atoms. The number of hydrogen-bond donors (Lipinski definition) is 1. The van der Waals surface area contributed by atoms with Gasteiger partial charge in [-0.15, -0.1) is 0 Å². The molecule has 1 unspecified atom stereocenters. The highest BCUT2D eigenvalue weighted by molar-refractivity contribution is 5.83. The van der Waals surface area contributed by atoms with Gasteiger partial charge in [0.2, 0.25) is 0 Å². The minimum absolute atomic E-state index is 0.221. The van der Waals surface area contributed by atoms with Gasteiger partial charge in [0.25, 0.3) is 0 Å². The lowest BCUT2D eigenvalue weighted by atomic mass is 10.0. The van der Waals surface area contributed by atoms with Crippen LogP contribution in [0.15, 0.2) is 11.8 Å². The number of nitrogens with zero attached hydrogens (tertiary/aromatic N) is 1. The topological polar surface area (TPSA) is 41.6 Å². The molecule has 0 radical (unpaired) electrons. The molecule has 0 spiro atoms. The number of ether oxygens (including phenoxy) is 1. The van der Waals surface area contributed by atoms with E-state index in [0.717, 1.165) is 5.70 Å². The van der Waals surface area contributed by atoms with Crippen LogP contribution in [-0.4, -0.2) is 30.2 Å². The number of carbonyl (C=O) groups is 1. The van der Waals surface area contributed by atoms with Gasteiger partial charge >= 0.3 is 5.97 Å². The second-order valence-corrected chi connectivity index (χ2v) is 3.37. The molecule has 0 bridgehead atoms. The normalized spacial score (nSPS) is 28.2. The van der Waals surface area contributed by atoms with Crippen molar-refractivity contribution in [2.75, 3.05) is 13.7 Å². The molecule has 0 aromatic heterocycles. The molecule has 0 aromatic rings. The number of nitrogens with one attached hydrogen (secondary N) is 1. The Labute approximate surface area is 78.5 Å². The fraction of sp³-hybridized carbons (Fsp3) is 0.667. The lowest BCUT2D eigenvalue weighted by molar-refractivity contribution is -0.153. The Morgan fingerprint density at radius 1 is 1.77 bits per heavy atom. The molecule has 0 fully saturated rings. The van der Waals surface area contributed by atoms with Gasteiger partial charge in [-0.25, -0.2) is 9.80 Å². The van der Waals surface area contributed by atoms with E-state index >= 15 is 0 Å². The summed E-state index contributed by atoms with van der Waals surface area (Å²) in [5.41, 5.74) is 3.34. The number of hydrazine groups is 1. The Bertz CT molecular complexity index is 250. The van der Waals surface area contributed by atoms with Crippen LogP contribution in [0.2, 0.25) is 0 Å².